The summed E-state index contributed by atoms with van der Waals surface area (Å²) in [7, 11) is 1.69. The summed E-state index contributed by atoms with van der Waals surface area (Å²) in [6, 6.07) is 9.36. The second-order valence-electron chi connectivity index (χ2n) is 5.54. The van der Waals surface area contributed by atoms with Gasteiger partial charge in [0.25, 0.3) is 0 Å². The summed E-state index contributed by atoms with van der Waals surface area (Å²) in [6.07, 6.45) is 1.21. The molecule has 0 spiro atoms. The monoisotopic (exact) mass is 315 g/mol. The maximum atomic E-state index is 12.4. The molecule has 1 aromatic carbocycles. The molecule has 0 bridgehead atoms. The van der Waals surface area contributed by atoms with Crippen molar-refractivity contribution in [3.05, 3.63) is 58.5 Å². The van der Waals surface area contributed by atoms with Crippen LogP contribution in [0.2, 0.25) is 0 Å². The molecule has 0 saturated heterocycles. The number of hydrogen-bond acceptors (Lipinski definition) is 3. The summed E-state index contributed by atoms with van der Waals surface area (Å²) in [5, 5.41) is 9.03. The number of aryl methyl sites for hydroxylation is 2. The second kappa shape index (κ2) is 7.13. The third-order valence-corrected chi connectivity index (χ3v) is 3.86. The molecule has 122 valence electrons. The molecular formula is C18H21NO4. The first-order valence-corrected chi connectivity index (χ1v) is 7.55. The first-order chi connectivity index (χ1) is 10.9. The minimum Gasteiger partial charge on any atom is -0.478 e. The van der Waals surface area contributed by atoms with Gasteiger partial charge in [0, 0.05) is 7.05 Å². The highest BCUT2D eigenvalue weighted by atomic mass is 16.4. The van der Waals surface area contributed by atoms with Crippen molar-refractivity contribution < 1.29 is 19.1 Å². The van der Waals surface area contributed by atoms with Gasteiger partial charge in [0.15, 0.2) is 0 Å². The van der Waals surface area contributed by atoms with E-state index in [1.54, 1.807) is 18.9 Å². The Hall–Kier alpha value is -2.56. The van der Waals surface area contributed by atoms with Crippen molar-refractivity contribution in [2.75, 3.05) is 7.05 Å². The Morgan fingerprint density at radius 1 is 1.22 bits per heavy atom. The molecule has 5 heteroatoms. The standard InChI is InChI=1S/C18H21NO4/c1-4-13-7-5-6-8-14(13)9-17(20)19(3)11-15-10-16(18(21)22)12(2)23-15/h5-8,10H,4,9,11H2,1-3H3,(H,21,22). The molecule has 1 amide bonds. The molecule has 0 aliphatic heterocycles. The van der Waals surface area contributed by atoms with E-state index in [1.807, 2.05) is 24.3 Å². The summed E-state index contributed by atoms with van der Waals surface area (Å²) >= 11 is 0. The molecular weight excluding hydrogens is 294 g/mol. The largest absolute Gasteiger partial charge is 0.478 e. The SMILES string of the molecule is CCc1ccccc1CC(=O)N(C)Cc1cc(C(=O)O)c(C)o1. The number of likely N-dealkylation sites (N-methyl/N-ethyl adjacent to an activating group) is 1. The van der Waals surface area contributed by atoms with Crippen LogP contribution in [0.3, 0.4) is 0 Å². The number of hydrogen-bond donors (Lipinski definition) is 1. The molecule has 0 unspecified atom stereocenters. The Kier molecular flexibility index (Phi) is 5.21. The van der Waals surface area contributed by atoms with Crippen LogP contribution in [0.25, 0.3) is 0 Å². The Morgan fingerprint density at radius 2 is 1.87 bits per heavy atom. The van der Waals surface area contributed by atoms with Crippen molar-refractivity contribution in [2.45, 2.75) is 33.2 Å². The third kappa shape index (κ3) is 4.00. The van der Waals surface area contributed by atoms with E-state index in [1.165, 1.54) is 6.07 Å². The fourth-order valence-corrected chi connectivity index (χ4v) is 2.53. The van der Waals surface area contributed by atoms with Crippen molar-refractivity contribution >= 4 is 11.9 Å². The van der Waals surface area contributed by atoms with Gasteiger partial charge in [0.2, 0.25) is 5.91 Å². The van der Waals surface area contributed by atoms with Crippen molar-refractivity contribution in [3.63, 3.8) is 0 Å². The van der Waals surface area contributed by atoms with E-state index in [-0.39, 0.29) is 18.0 Å². The maximum Gasteiger partial charge on any atom is 0.339 e. The molecule has 1 N–H and O–H groups in total. The predicted octanol–water partition coefficient (Wildman–Crippen LogP) is 3.05. The zero-order valence-electron chi connectivity index (χ0n) is 13.6. The number of carbonyl (C=O) groups excluding carboxylic acids is 1. The van der Waals surface area contributed by atoms with Gasteiger partial charge in [-0.3, -0.25) is 4.79 Å². The van der Waals surface area contributed by atoms with E-state index in [4.69, 9.17) is 9.52 Å². The molecule has 0 aliphatic carbocycles. The normalized spacial score (nSPS) is 10.6. The molecule has 2 aromatic rings. The van der Waals surface area contributed by atoms with E-state index >= 15 is 0 Å². The summed E-state index contributed by atoms with van der Waals surface area (Å²) in [6.45, 7) is 3.92. The van der Waals surface area contributed by atoms with Crippen LogP contribution in [-0.2, 0) is 24.2 Å². The number of carboxylic acid groups (broad SMARTS) is 1. The summed E-state index contributed by atoms with van der Waals surface area (Å²) < 4.78 is 5.42. The first kappa shape index (κ1) is 16.8. The zero-order chi connectivity index (χ0) is 17.0. The molecule has 2 rings (SSSR count). The fourth-order valence-electron chi connectivity index (χ4n) is 2.53. The highest BCUT2D eigenvalue weighted by molar-refractivity contribution is 5.88. The van der Waals surface area contributed by atoms with Gasteiger partial charge in [0.05, 0.1) is 13.0 Å². The molecule has 0 radical (unpaired) electrons. The van der Waals surface area contributed by atoms with Gasteiger partial charge < -0.3 is 14.4 Å². The quantitative estimate of drug-likeness (QED) is 0.889. The van der Waals surface area contributed by atoms with Crippen LogP contribution >= 0.6 is 0 Å². The number of benzene rings is 1. The third-order valence-electron chi connectivity index (χ3n) is 3.86. The molecule has 0 fully saturated rings. The molecule has 0 aliphatic rings. The fraction of sp³-hybridized carbons (Fsp3) is 0.333. The van der Waals surface area contributed by atoms with E-state index in [2.05, 4.69) is 6.92 Å². The van der Waals surface area contributed by atoms with Crippen molar-refractivity contribution in [1.29, 1.82) is 0 Å². The average Bonchev–Trinajstić information content (AvgIpc) is 2.88. The average molecular weight is 315 g/mol. The highest BCUT2D eigenvalue weighted by Crippen LogP contribution is 2.17. The van der Waals surface area contributed by atoms with Crippen molar-refractivity contribution in [1.82, 2.24) is 4.90 Å². The van der Waals surface area contributed by atoms with Crippen molar-refractivity contribution in [3.8, 4) is 0 Å². The Balaban J connectivity index is 2.05. The van der Waals surface area contributed by atoms with Crippen LogP contribution in [0.4, 0.5) is 0 Å². The molecule has 0 atom stereocenters. The number of rotatable bonds is 6. The minimum absolute atomic E-state index is 0.0307. The maximum absolute atomic E-state index is 12.4. The summed E-state index contributed by atoms with van der Waals surface area (Å²) in [5.74, 6) is -0.232. The lowest BCUT2D eigenvalue weighted by molar-refractivity contribution is -0.129. The van der Waals surface area contributed by atoms with Crippen LogP contribution in [0, 0.1) is 6.92 Å². The number of amides is 1. The molecule has 1 aromatic heterocycles. The van der Waals surface area contributed by atoms with Gasteiger partial charge in [-0.1, -0.05) is 31.2 Å². The van der Waals surface area contributed by atoms with Gasteiger partial charge in [0.1, 0.15) is 17.1 Å². The Morgan fingerprint density at radius 3 is 2.43 bits per heavy atom. The number of aromatic carboxylic acids is 1. The second-order valence-corrected chi connectivity index (χ2v) is 5.54. The number of nitrogens with zero attached hydrogens (tertiary/aromatic N) is 1. The van der Waals surface area contributed by atoms with Gasteiger partial charge in [-0.15, -0.1) is 0 Å². The smallest absolute Gasteiger partial charge is 0.339 e. The summed E-state index contributed by atoms with van der Waals surface area (Å²) in [5.41, 5.74) is 2.32. The molecule has 0 saturated carbocycles. The topological polar surface area (TPSA) is 70.8 Å². The van der Waals surface area contributed by atoms with Gasteiger partial charge in [-0.25, -0.2) is 4.79 Å². The molecule has 1 heterocycles. The van der Waals surface area contributed by atoms with Gasteiger partial charge in [-0.05, 0) is 30.5 Å². The first-order valence-electron chi connectivity index (χ1n) is 7.55. The van der Waals surface area contributed by atoms with Gasteiger partial charge in [-0.2, -0.15) is 0 Å². The van der Waals surface area contributed by atoms with Crippen LogP contribution < -0.4 is 0 Å². The van der Waals surface area contributed by atoms with E-state index < -0.39 is 5.97 Å². The van der Waals surface area contributed by atoms with Crippen LogP contribution in [0.15, 0.2) is 34.7 Å². The van der Waals surface area contributed by atoms with Crippen LogP contribution in [-0.4, -0.2) is 28.9 Å². The van der Waals surface area contributed by atoms with Gasteiger partial charge >= 0.3 is 5.97 Å². The van der Waals surface area contributed by atoms with E-state index in [0.717, 1.165) is 17.5 Å². The summed E-state index contributed by atoms with van der Waals surface area (Å²) in [4.78, 5) is 25.0. The van der Waals surface area contributed by atoms with Crippen LogP contribution in [0.1, 0.15) is 39.9 Å². The lowest BCUT2D eigenvalue weighted by Gasteiger charge is -2.17. The van der Waals surface area contributed by atoms with E-state index in [9.17, 15) is 9.59 Å². The molecule has 5 nitrogen and oxygen atoms in total. The van der Waals surface area contributed by atoms with Crippen LogP contribution in [0.5, 0.6) is 0 Å². The Labute approximate surface area is 135 Å². The lowest BCUT2D eigenvalue weighted by Crippen LogP contribution is -2.27. The Bertz CT molecular complexity index is 718. The zero-order valence-corrected chi connectivity index (χ0v) is 13.6. The lowest BCUT2D eigenvalue weighted by atomic mass is 10.0. The number of carbonyl (C=O) groups is 2. The molecule has 23 heavy (non-hydrogen) atoms. The van der Waals surface area contributed by atoms with E-state index in [0.29, 0.717) is 17.9 Å². The number of furan rings is 1. The number of carboxylic acids is 1. The minimum atomic E-state index is -1.02. The predicted molar refractivity (Wildman–Crippen MR) is 86.4 cm³/mol. The highest BCUT2D eigenvalue weighted by Gasteiger charge is 2.17. The van der Waals surface area contributed by atoms with Crippen molar-refractivity contribution in [2.24, 2.45) is 0 Å².